The molecule has 0 radical (unpaired) electrons. The van der Waals surface area contributed by atoms with Crippen LogP contribution < -0.4 is 4.83 Å². The van der Waals surface area contributed by atoms with Gasteiger partial charge >= 0.3 is 5.97 Å². The van der Waals surface area contributed by atoms with Gasteiger partial charge in [0.25, 0.3) is 10.0 Å². The third-order valence-electron chi connectivity index (χ3n) is 1.36. The molecule has 0 aromatic carbocycles. The zero-order valence-corrected chi connectivity index (χ0v) is 8.91. The topological polar surface area (TPSA) is 99.9 Å². The number of nitrogens with one attached hydrogen (secondary N) is 1. The first-order valence-corrected chi connectivity index (χ1v) is 5.34. The Hall–Kier alpha value is -1.38. The van der Waals surface area contributed by atoms with Crippen LogP contribution in [0.15, 0.2) is 21.6 Å². The third-order valence-corrected chi connectivity index (χ3v) is 2.71. The smallest absolute Gasteiger partial charge is 0.371 e. The van der Waals surface area contributed by atoms with Crippen molar-refractivity contribution in [2.75, 3.05) is 14.1 Å². The van der Waals surface area contributed by atoms with Crippen molar-refractivity contribution in [1.82, 2.24) is 9.84 Å². The van der Waals surface area contributed by atoms with Gasteiger partial charge in [-0.2, -0.15) is 0 Å². The van der Waals surface area contributed by atoms with Crippen LogP contribution in [0.5, 0.6) is 0 Å². The standard InChI is InChI=1S/C7H10N2O5S/c1-9(2)8-15(12,13)6-4-3-5(14-6)7(10)11/h3-4,8H,1-2H3,(H,10,11). The number of carboxylic acid groups (broad SMARTS) is 1. The maximum atomic E-state index is 11.4. The normalized spacial score (nSPS) is 11.9. The molecule has 1 heterocycles. The molecule has 1 aromatic rings. The van der Waals surface area contributed by atoms with Crippen molar-refractivity contribution in [3.8, 4) is 0 Å². The Kier molecular flexibility index (Phi) is 3.12. The molecule has 0 spiro atoms. The van der Waals surface area contributed by atoms with Crippen LogP contribution in [0.3, 0.4) is 0 Å². The molecular weight excluding hydrogens is 224 g/mol. The predicted octanol–water partition coefficient (Wildman–Crippen LogP) is -0.267. The number of aromatic carboxylic acids is 1. The van der Waals surface area contributed by atoms with Gasteiger partial charge in [-0.25, -0.2) is 18.2 Å². The molecule has 0 atom stereocenters. The summed E-state index contributed by atoms with van der Waals surface area (Å²) in [6.45, 7) is 0. The highest BCUT2D eigenvalue weighted by molar-refractivity contribution is 7.89. The van der Waals surface area contributed by atoms with Crippen molar-refractivity contribution in [2.45, 2.75) is 5.09 Å². The summed E-state index contributed by atoms with van der Waals surface area (Å²) >= 11 is 0. The van der Waals surface area contributed by atoms with E-state index in [1.165, 1.54) is 19.1 Å². The molecule has 0 fully saturated rings. The van der Waals surface area contributed by atoms with Crippen LogP contribution in [-0.4, -0.2) is 38.6 Å². The molecule has 2 N–H and O–H groups in total. The molecule has 7 nitrogen and oxygen atoms in total. The summed E-state index contributed by atoms with van der Waals surface area (Å²) in [5, 5.41) is 9.30. The number of hydrogen-bond acceptors (Lipinski definition) is 5. The van der Waals surface area contributed by atoms with E-state index in [1.807, 2.05) is 0 Å². The van der Waals surface area contributed by atoms with E-state index in [2.05, 4.69) is 9.25 Å². The van der Waals surface area contributed by atoms with Crippen molar-refractivity contribution in [2.24, 2.45) is 0 Å². The zero-order chi connectivity index (χ0) is 11.6. The molecule has 0 amide bonds. The van der Waals surface area contributed by atoms with Crippen molar-refractivity contribution in [1.29, 1.82) is 0 Å². The van der Waals surface area contributed by atoms with Gasteiger partial charge in [0, 0.05) is 14.1 Å². The molecule has 0 unspecified atom stereocenters. The highest BCUT2D eigenvalue weighted by Gasteiger charge is 2.21. The SMILES string of the molecule is CN(C)NS(=O)(=O)c1ccc(C(=O)O)o1. The number of carboxylic acids is 1. The number of carbonyl (C=O) groups is 1. The Morgan fingerprint density at radius 2 is 2.07 bits per heavy atom. The molecule has 0 saturated heterocycles. The quantitative estimate of drug-likeness (QED) is 0.696. The highest BCUT2D eigenvalue weighted by Crippen LogP contribution is 2.13. The van der Waals surface area contributed by atoms with Crippen molar-refractivity contribution in [3.63, 3.8) is 0 Å². The van der Waals surface area contributed by atoms with E-state index < -0.39 is 26.8 Å². The van der Waals surface area contributed by atoms with Gasteiger partial charge in [0.1, 0.15) is 0 Å². The van der Waals surface area contributed by atoms with E-state index in [0.717, 1.165) is 12.1 Å². The second-order valence-corrected chi connectivity index (χ2v) is 4.50. The van der Waals surface area contributed by atoms with Crippen molar-refractivity contribution in [3.05, 3.63) is 17.9 Å². The van der Waals surface area contributed by atoms with Gasteiger partial charge in [-0.3, -0.25) is 0 Å². The van der Waals surface area contributed by atoms with E-state index in [1.54, 1.807) is 0 Å². The lowest BCUT2D eigenvalue weighted by Gasteiger charge is -2.09. The largest absolute Gasteiger partial charge is 0.475 e. The summed E-state index contributed by atoms with van der Waals surface area (Å²) in [5.74, 6) is -1.74. The van der Waals surface area contributed by atoms with E-state index in [0.29, 0.717) is 0 Å². The first-order valence-electron chi connectivity index (χ1n) is 3.86. The molecule has 84 valence electrons. The summed E-state index contributed by atoms with van der Waals surface area (Å²) in [4.78, 5) is 12.6. The van der Waals surface area contributed by atoms with Crippen LogP contribution in [0, 0.1) is 0 Å². The third kappa shape index (κ3) is 2.78. The average molecular weight is 234 g/mol. The number of nitrogens with zero attached hydrogens (tertiary/aromatic N) is 1. The fourth-order valence-corrected chi connectivity index (χ4v) is 1.88. The molecule has 0 bridgehead atoms. The van der Waals surface area contributed by atoms with Crippen LogP contribution in [0.4, 0.5) is 0 Å². The zero-order valence-electron chi connectivity index (χ0n) is 8.09. The second kappa shape index (κ2) is 4.01. The fourth-order valence-electron chi connectivity index (χ4n) is 0.865. The van der Waals surface area contributed by atoms with Crippen LogP contribution in [0.1, 0.15) is 10.6 Å². The van der Waals surface area contributed by atoms with Gasteiger partial charge in [0.05, 0.1) is 0 Å². The lowest BCUT2D eigenvalue weighted by atomic mass is 10.5. The number of furan rings is 1. The van der Waals surface area contributed by atoms with Crippen molar-refractivity contribution >= 4 is 16.0 Å². The summed E-state index contributed by atoms with van der Waals surface area (Å²) in [6, 6.07) is 2.15. The van der Waals surface area contributed by atoms with Crippen LogP contribution in [0.25, 0.3) is 0 Å². The molecular formula is C7H10N2O5S. The highest BCUT2D eigenvalue weighted by atomic mass is 32.2. The van der Waals surface area contributed by atoms with Gasteiger partial charge < -0.3 is 9.52 Å². The second-order valence-electron chi connectivity index (χ2n) is 2.91. The number of hydrazine groups is 1. The summed E-state index contributed by atoms with van der Waals surface area (Å²) in [5.41, 5.74) is 0. The summed E-state index contributed by atoms with van der Waals surface area (Å²) in [6.07, 6.45) is 0. The summed E-state index contributed by atoms with van der Waals surface area (Å²) < 4.78 is 27.5. The maximum absolute atomic E-state index is 11.4. The van der Waals surface area contributed by atoms with Gasteiger partial charge in [-0.1, -0.05) is 0 Å². The Morgan fingerprint density at radius 1 is 1.47 bits per heavy atom. The lowest BCUT2D eigenvalue weighted by molar-refractivity contribution is 0.0656. The lowest BCUT2D eigenvalue weighted by Crippen LogP contribution is -2.35. The van der Waals surface area contributed by atoms with Crippen LogP contribution in [0.2, 0.25) is 0 Å². The molecule has 8 heteroatoms. The number of rotatable bonds is 4. The van der Waals surface area contributed by atoms with E-state index in [9.17, 15) is 13.2 Å². The van der Waals surface area contributed by atoms with Crippen LogP contribution >= 0.6 is 0 Å². The Bertz CT molecular complexity index is 461. The molecule has 0 saturated carbocycles. The monoisotopic (exact) mass is 234 g/mol. The predicted molar refractivity (Wildman–Crippen MR) is 49.7 cm³/mol. The first kappa shape index (κ1) is 11.7. The molecule has 0 aliphatic carbocycles. The summed E-state index contributed by atoms with van der Waals surface area (Å²) in [7, 11) is -0.857. The minimum absolute atomic E-state index is 0.422. The van der Waals surface area contributed by atoms with Crippen molar-refractivity contribution < 1.29 is 22.7 Å². The van der Waals surface area contributed by atoms with Gasteiger partial charge in [-0.15, -0.1) is 4.83 Å². The molecule has 1 aromatic heterocycles. The molecule has 0 aliphatic heterocycles. The van der Waals surface area contributed by atoms with Crippen LogP contribution in [-0.2, 0) is 10.0 Å². The minimum Gasteiger partial charge on any atom is -0.475 e. The Balaban J connectivity index is 3.01. The molecule has 15 heavy (non-hydrogen) atoms. The van der Waals surface area contributed by atoms with Gasteiger partial charge in [-0.05, 0) is 12.1 Å². The Morgan fingerprint density at radius 3 is 2.47 bits per heavy atom. The number of sulfonamides is 1. The van der Waals surface area contributed by atoms with E-state index in [4.69, 9.17) is 5.11 Å². The van der Waals surface area contributed by atoms with E-state index in [-0.39, 0.29) is 0 Å². The van der Waals surface area contributed by atoms with Gasteiger partial charge in [0.2, 0.25) is 10.9 Å². The minimum atomic E-state index is -3.83. The fraction of sp³-hybridized carbons (Fsp3) is 0.286. The first-order chi connectivity index (χ1) is 6.83. The van der Waals surface area contributed by atoms with Gasteiger partial charge in [0.15, 0.2) is 0 Å². The molecule has 1 rings (SSSR count). The number of hydrogen-bond donors (Lipinski definition) is 2. The molecule has 0 aliphatic rings. The van der Waals surface area contributed by atoms with E-state index >= 15 is 0 Å². The Labute approximate surface area is 86.3 Å². The average Bonchev–Trinajstić information content (AvgIpc) is 2.48. The maximum Gasteiger partial charge on any atom is 0.371 e.